The maximum absolute atomic E-state index is 10.3. The van der Waals surface area contributed by atoms with Crippen LogP contribution in [0.5, 0.6) is 0 Å². The standard InChI is InChI=1S/C18H34O5/c19-11-15(21)17(13-7-3-1-4-8-13)23-18(16(22)12-20)14-9-5-2-6-10-14/h13-22H,1-12H2. The topological polar surface area (TPSA) is 90.2 Å². The minimum Gasteiger partial charge on any atom is -0.394 e. The molecule has 0 spiro atoms. The van der Waals surface area contributed by atoms with E-state index in [-0.39, 0.29) is 25.0 Å². The third-order valence-electron chi connectivity index (χ3n) is 5.68. The maximum atomic E-state index is 10.3. The highest BCUT2D eigenvalue weighted by atomic mass is 16.5. The molecule has 4 N–H and O–H groups in total. The van der Waals surface area contributed by atoms with Crippen LogP contribution in [0.4, 0.5) is 0 Å². The molecule has 4 unspecified atom stereocenters. The van der Waals surface area contributed by atoms with Crippen molar-refractivity contribution in [3.63, 3.8) is 0 Å². The number of ether oxygens (including phenoxy) is 1. The number of aliphatic hydroxyl groups is 4. The second-order valence-corrected chi connectivity index (χ2v) is 7.36. The number of rotatable bonds is 8. The molecule has 0 amide bonds. The Labute approximate surface area is 139 Å². The van der Waals surface area contributed by atoms with Crippen LogP contribution in [0.15, 0.2) is 0 Å². The van der Waals surface area contributed by atoms with E-state index in [0.29, 0.717) is 0 Å². The Bertz CT molecular complexity index is 283. The maximum Gasteiger partial charge on any atom is 0.103 e. The summed E-state index contributed by atoms with van der Waals surface area (Å²) in [7, 11) is 0. The highest BCUT2D eigenvalue weighted by molar-refractivity contribution is 4.86. The minimum atomic E-state index is -0.921. The van der Waals surface area contributed by atoms with Crippen molar-refractivity contribution >= 4 is 0 Å². The molecular formula is C18H34O5. The van der Waals surface area contributed by atoms with Crippen molar-refractivity contribution < 1.29 is 25.2 Å². The van der Waals surface area contributed by atoms with Crippen molar-refractivity contribution in [1.29, 1.82) is 0 Å². The van der Waals surface area contributed by atoms with Gasteiger partial charge in [0.15, 0.2) is 0 Å². The molecule has 0 radical (unpaired) electrons. The fourth-order valence-corrected chi connectivity index (χ4v) is 4.35. The zero-order chi connectivity index (χ0) is 16.7. The summed E-state index contributed by atoms with van der Waals surface area (Å²) in [5.41, 5.74) is 0. The zero-order valence-corrected chi connectivity index (χ0v) is 14.1. The summed E-state index contributed by atoms with van der Waals surface area (Å²) in [6.07, 6.45) is 8.16. The molecule has 23 heavy (non-hydrogen) atoms. The second kappa shape index (κ2) is 9.94. The van der Waals surface area contributed by atoms with Crippen LogP contribution in [-0.2, 0) is 4.74 Å². The predicted octanol–water partition coefficient (Wildman–Crippen LogP) is 1.61. The summed E-state index contributed by atoms with van der Waals surface area (Å²) in [5, 5.41) is 39.3. The van der Waals surface area contributed by atoms with Crippen molar-refractivity contribution in [2.75, 3.05) is 13.2 Å². The van der Waals surface area contributed by atoms with Crippen LogP contribution in [-0.4, -0.2) is 58.1 Å². The zero-order valence-electron chi connectivity index (χ0n) is 14.1. The molecule has 0 aromatic rings. The second-order valence-electron chi connectivity index (χ2n) is 7.36. The van der Waals surface area contributed by atoms with Gasteiger partial charge in [0.25, 0.3) is 0 Å². The Morgan fingerprint density at radius 2 is 1.00 bits per heavy atom. The predicted molar refractivity (Wildman–Crippen MR) is 88.0 cm³/mol. The third kappa shape index (κ3) is 5.40. The van der Waals surface area contributed by atoms with E-state index in [2.05, 4.69) is 0 Å². The van der Waals surface area contributed by atoms with Gasteiger partial charge in [-0.05, 0) is 37.5 Å². The quantitative estimate of drug-likeness (QED) is 0.543. The lowest BCUT2D eigenvalue weighted by Crippen LogP contribution is -2.48. The summed E-state index contributed by atoms with van der Waals surface area (Å²) in [6.45, 7) is -0.651. The van der Waals surface area contributed by atoms with Crippen molar-refractivity contribution in [1.82, 2.24) is 0 Å². The van der Waals surface area contributed by atoms with E-state index in [1.54, 1.807) is 0 Å². The van der Waals surface area contributed by atoms with Crippen LogP contribution in [0.25, 0.3) is 0 Å². The smallest absolute Gasteiger partial charge is 0.103 e. The van der Waals surface area contributed by atoms with Crippen molar-refractivity contribution in [2.45, 2.75) is 88.6 Å². The molecule has 2 aliphatic rings. The Balaban J connectivity index is 2.07. The lowest BCUT2D eigenvalue weighted by atomic mass is 9.81. The van der Waals surface area contributed by atoms with Gasteiger partial charge in [-0.15, -0.1) is 0 Å². The van der Waals surface area contributed by atoms with Crippen LogP contribution in [0.3, 0.4) is 0 Å². The Hall–Kier alpha value is -0.200. The van der Waals surface area contributed by atoms with Gasteiger partial charge >= 0.3 is 0 Å². The Morgan fingerprint density at radius 3 is 1.30 bits per heavy atom. The molecule has 0 saturated heterocycles. The van der Waals surface area contributed by atoms with Crippen LogP contribution in [0, 0.1) is 11.8 Å². The summed E-state index contributed by atoms with van der Waals surface area (Å²) >= 11 is 0. The monoisotopic (exact) mass is 330 g/mol. The van der Waals surface area contributed by atoms with Crippen molar-refractivity contribution in [3.8, 4) is 0 Å². The molecule has 2 saturated carbocycles. The SMILES string of the molecule is OCC(O)C(OC(C(O)CO)C1CCCCC1)C1CCCCC1. The molecule has 0 bridgehead atoms. The Kier molecular flexibility index (Phi) is 8.27. The average Bonchev–Trinajstić information content (AvgIpc) is 2.63. The van der Waals surface area contributed by atoms with Gasteiger partial charge in [-0.1, -0.05) is 38.5 Å². The summed E-state index contributed by atoms with van der Waals surface area (Å²) in [4.78, 5) is 0. The van der Waals surface area contributed by atoms with E-state index in [1.807, 2.05) is 0 Å². The molecule has 136 valence electrons. The first-order valence-electron chi connectivity index (χ1n) is 9.40. The first-order chi connectivity index (χ1) is 11.2. The summed E-state index contributed by atoms with van der Waals surface area (Å²) < 4.78 is 6.21. The molecule has 2 fully saturated rings. The molecule has 0 aromatic carbocycles. The molecule has 4 atom stereocenters. The van der Waals surface area contributed by atoms with E-state index < -0.39 is 24.4 Å². The van der Waals surface area contributed by atoms with Crippen LogP contribution >= 0.6 is 0 Å². The fraction of sp³-hybridized carbons (Fsp3) is 1.00. The average molecular weight is 330 g/mol. The van der Waals surface area contributed by atoms with E-state index in [0.717, 1.165) is 51.4 Å². The molecule has 5 nitrogen and oxygen atoms in total. The van der Waals surface area contributed by atoms with E-state index in [4.69, 9.17) is 4.74 Å². The lowest BCUT2D eigenvalue weighted by Gasteiger charge is -2.40. The normalized spacial score (nSPS) is 26.6. The van der Waals surface area contributed by atoms with Gasteiger partial charge in [0, 0.05) is 0 Å². The first-order valence-corrected chi connectivity index (χ1v) is 9.40. The van der Waals surface area contributed by atoms with Gasteiger partial charge in [-0.25, -0.2) is 0 Å². The number of aliphatic hydroxyl groups excluding tert-OH is 4. The molecule has 5 heteroatoms. The number of hydrogen-bond acceptors (Lipinski definition) is 5. The van der Waals surface area contributed by atoms with Crippen LogP contribution < -0.4 is 0 Å². The van der Waals surface area contributed by atoms with Gasteiger partial charge in [0.1, 0.15) is 12.2 Å². The highest BCUT2D eigenvalue weighted by Crippen LogP contribution is 2.35. The van der Waals surface area contributed by atoms with Gasteiger partial charge in [0.05, 0.1) is 25.4 Å². The molecule has 2 aliphatic carbocycles. The molecule has 0 aromatic heterocycles. The molecule has 0 aliphatic heterocycles. The van der Waals surface area contributed by atoms with E-state index >= 15 is 0 Å². The Morgan fingerprint density at radius 1 is 0.652 bits per heavy atom. The van der Waals surface area contributed by atoms with Gasteiger partial charge in [-0.3, -0.25) is 0 Å². The molecule has 2 rings (SSSR count). The minimum absolute atomic E-state index is 0.225. The number of hydrogen-bond donors (Lipinski definition) is 4. The van der Waals surface area contributed by atoms with E-state index in [9.17, 15) is 20.4 Å². The summed E-state index contributed by atoms with van der Waals surface area (Å²) in [6, 6.07) is 0. The molecular weight excluding hydrogens is 296 g/mol. The van der Waals surface area contributed by atoms with Gasteiger partial charge in [-0.2, -0.15) is 0 Å². The van der Waals surface area contributed by atoms with Crippen molar-refractivity contribution in [2.24, 2.45) is 11.8 Å². The molecule has 0 heterocycles. The lowest BCUT2D eigenvalue weighted by molar-refractivity contribution is -0.173. The largest absolute Gasteiger partial charge is 0.394 e. The van der Waals surface area contributed by atoms with E-state index in [1.165, 1.54) is 12.8 Å². The fourth-order valence-electron chi connectivity index (χ4n) is 4.35. The van der Waals surface area contributed by atoms with Crippen molar-refractivity contribution in [3.05, 3.63) is 0 Å². The van der Waals surface area contributed by atoms with Crippen LogP contribution in [0.1, 0.15) is 64.2 Å². The highest BCUT2D eigenvalue weighted by Gasteiger charge is 2.37. The van der Waals surface area contributed by atoms with Crippen LogP contribution in [0.2, 0.25) is 0 Å². The summed E-state index contributed by atoms with van der Waals surface area (Å²) in [5.74, 6) is 0.450. The first kappa shape index (κ1) is 19.1. The van der Waals surface area contributed by atoms with Gasteiger partial charge < -0.3 is 25.2 Å². The third-order valence-corrected chi connectivity index (χ3v) is 5.68. The van der Waals surface area contributed by atoms with Gasteiger partial charge in [0.2, 0.25) is 0 Å².